The molecule has 1 atom stereocenters. The minimum atomic E-state index is 0.0400. The van der Waals surface area contributed by atoms with Crippen LogP contribution >= 0.6 is 0 Å². The van der Waals surface area contributed by atoms with Crippen LogP contribution in [-0.2, 0) is 13.0 Å². The number of aromatic nitrogens is 1. The average molecular weight is 326 g/mol. The van der Waals surface area contributed by atoms with Crippen molar-refractivity contribution in [2.75, 3.05) is 0 Å². The molecule has 0 radical (unpaired) electrons. The Balaban J connectivity index is 2.49. The second-order valence-electron chi connectivity index (χ2n) is 6.69. The number of nitrogens with zero attached hydrogens (tertiary/aromatic N) is 1. The maximum Gasteiger partial charge on any atom is 0.268 e. The zero-order valence-corrected chi connectivity index (χ0v) is 15.9. The van der Waals surface area contributed by atoms with Gasteiger partial charge in [-0.25, -0.2) is 0 Å². The van der Waals surface area contributed by atoms with Crippen molar-refractivity contribution < 1.29 is 4.79 Å². The van der Waals surface area contributed by atoms with E-state index >= 15 is 0 Å². The van der Waals surface area contributed by atoms with Crippen LogP contribution in [0.4, 0.5) is 0 Å². The minimum absolute atomic E-state index is 0.0400. The molecule has 3 nitrogen and oxygen atoms in total. The average Bonchev–Trinajstić information content (AvgIpc) is 2.79. The normalized spacial score (nSPS) is 12.2. The van der Waals surface area contributed by atoms with E-state index in [9.17, 15) is 4.79 Å². The number of hydrogen-bond donors (Lipinski definition) is 1. The molecule has 2 rings (SSSR count). The quantitative estimate of drug-likeness (QED) is 0.830. The molecule has 0 bridgehead atoms. The van der Waals surface area contributed by atoms with Gasteiger partial charge in [-0.05, 0) is 62.8 Å². The summed E-state index contributed by atoms with van der Waals surface area (Å²) >= 11 is 0. The Morgan fingerprint density at radius 1 is 1.17 bits per heavy atom. The van der Waals surface area contributed by atoms with Crippen LogP contribution in [0.1, 0.15) is 65.6 Å². The first-order valence-electron chi connectivity index (χ1n) is 8.94. The third-order valence-corrected chi connectivity index (χ3v) is 5.07. The number of rotatable bonds is 6. The summed E-state index contributed by atoms with van der Waals surface area (Å²) in [7, 11) is 0. The van der Waals surface area contributed by atoms with E-state index in [4.69, 9.17) is 0 Å². The van der Waals surface area contributed by atoms with Gasteiger partial charge in [0, 0.05) is 18.3 Å². The van der Waals surface area contributed by atoms with Crippen LogP contribution in [0, 0.1) is 20.8 Å². The summed E-state index contributed by atoms with van der Waals surface area (Å²) in [5.74, 6) is 0.0400. The highest BCUT2D eigenvalue weighted by Crippen LogP contribution is 2.25. The zero-order valence-electron chi connectivity index (χ0n) is 15.9. The topological polar surface area (TPSA) is 34.0 Å². The van der Waals surface area contributed by atoms with E-state index in [1.807, 2.05) is 0 Å². The van der Waals surface area contributed by atoms with Gasteiger partial charge in [-0.2, -0.15) is 0 Å². The minimum Gasteiger partial charge on any atom is -0.348 e. The molecule has 0 spiro atoms. The van der Waals surface area contributed by atoms with Crippen LogP contribution in [0.3, 0.4) is 0 Å². The SMILES string of the molecule is CCc1c(C)c(C(=O)NC(C)CC)n(Cc2ccccc2C)c1C. The van der Waals surface area contributed by atoms with E-state index < -0.39 is 0 Å². The Morgan fingerprint density at radius 3 is 2.42 bits per heavy atom. The van der Waals surface area contributed by atoms with Crippen molar-refractivity contribution in [2.45, 2.75) is 67.0 Å². The number of carbonyl (C=O) groups is 1. The number of benzene rings is 1. The van der Waals surface area contributed by atoms with E-state index in [2.05, 4.69) is 75.7 Å². The Morgan fingerprint density at radius 2 is 1.83 bits per heavy atom. The van der Waals surface area contributed by atoms with Crippen molar-refractivity contribution in [2.24, 2.45) is 0 Å². The van der Waals surface area contributed by atoms with Crippen molar-refractivity contribution in [3.8, 4) is 0 Å². The highest BCUT2D eigenvalue weighted by atomic mass is 16.2. The lowest BCUT2D eigenvalue weighted by molar-refractivity contribution is 0.0929. The number of nitrogens with one attached hydrogen (secondary N) is 1. The summed E-state index contributed by atoms with van der Waals surface area (Å²) in [6.45, 7) is 13.4. The first-order valence-corrected chi connectivity index (χ1v) is 8.94. The molecule has 2 aromatic rings. The second-order valence-corrected chi connectivity index (χ2v) is 6.69. The molecule has 1 aromatic carbocycles. The fraction of sp³-hybridized carbons (Fsp3) is 0.476. The predicted octanol–water partition coefficient (Wildman–Crippen LogP) is 4.55. The maximum absolute atomic E-state index is 12.9. The van der Waals surface area contributed by atoms with Gasteiger partial charge >= 0.3 is 0 Å². The highest BCUT2D eigenvalue weighted by Gasteiger charge is 2.22. The highest BCUT2D eigenvalue weighted by molar-refractivity contribution is 5.95. The van der Waals surface area contributed by atoms with E-state index in [0.29, 0.717) is 0 Å². The molecule has 130 valence electrons. The third kappa shape index (κ3) is 3.55. The van der Waals surface area contributed by atoms with Crippen LogP contribution in [0.2, 0.25) is 0 Å². The Labute approximate surface area is 146 Å². The lowest BCUT2D eigenvalue weighted by Crippen LogP contribution is -2.34. The first-order chi connectivity index (χ1) is 11.4. The number of aryl methyl sites for hydroxylation is 1. The maximum atomic E-state index is 12.9. The summed E-state index contributed by atoms with van der Waals surface area (Å²) in [5.41, 5.74) is 6.94. The van der Waals surface area contributed by atoms with Gasteiger partial charge < -0.3 is 9.88 Å². The molecule has 1 amide bonds. The van der Waals surface area contributed by atoms with Gasteiger partial charge in [-0.15, -0.1) is 0 Å². The molecule has 1 N–H and O–H groups in total. The van der Waals surface area contributed by atoms with E-state index in [-0.39, 0.29) is 11.9 Å². The molecule has 1 aromatic heterocycles. The molecule has 1 unspecified atom stereocenters. The monoisotopic (exact) mass is 326 g/mol. The molecule has 24 heavy (non-hydrogen) atoms. The Kier molecular flexibility index (Phi) is 5.87. The number of carbonyl (C=O) groups excluding carboxylic acids is 1. The smallest absolute Gasteiger partial charge is 0.268 e. The Bertz CT molecular complexity index is 728. The molecule has 0 saturated heterocycles. The fourth-order valence-corrected chi connectivity index (χ4v) is 3.31. The zero-order chi connectivity index (χ0) is 17.9. The first kappa shape index (κ1) is 18.3. The molecule has 0 aliphatic heterocycles. The van der Waals surface area contributed by atoms with Crippen molar-refractivity contribution >= 4 is 5.91 Å². The van der Waals surface area contributed by atoms with Crippen LogP contribution in [0.5, 0.6) is 0 Å². The Hall–Kier alpha value is -2.03. The van der Waals surface area contributed by atoms with Gasteiger partial charge in [0.1, 0.15) is 5.69 Å². The van der Waals surface area contributed by atoms with Gasteiger partial charge in [0.05, 0.1) is 0 Å². The van der Waals surface area contributed by atoms with Crippen LogP contribution in [-0.4, -0.2) is 16.5 Å². The summed E-state index contributed by atoms with van der Waals surface area (Å²) in [5, 5.41) is 3.13. The fourth-order valence-electron chi connectivity index (χ4n) is 3.31. The summed E-state index contributed by atoms with van der Waals surface area (Å²) in [6, 6.07) is 8.57. The van der Waals surface area contributed by atoms with Crippen molar-refractivity contribution in [3.05, 3.63) is 57.9 Å². The third-order valence-electron chi connectivity index (χ3n) is 5.07. The largest absolute Gasteiger partial charge is 0.348 e. The number of hydrogen-bond acceptors (Lipinski definition) is 1. The van der Waals surface area contributed by atoms with Crippen LogP contribution in [0.15, 0.2) is 24.3 Å². The molecular formula is C21H30N2O. The van der Waals surface area contributed by atoms with E-state index in [1.165, 1.54) is 22.4 Å². The summed E-state index contributed by atoms with van der Waals surface area (Å²) in [4.78, 5) is 12.9. The van der Waals surface area contributed by atoms with Crippen molar-refractivity contribution in [3.63, 3.8) is 0 Å². The molecule has 0 aliphatic rings. The number of amides is 1. The standard InChI is InChI=1S/C21H30N2O/c1-7-15(4)22-21(24)20-16(5)19(8-2)17(6)23(20)13-18-12-10-9-11-14(18)3/h9-12,15H,7-8,13H2,1-6H3,(H,22,24). The molecule has 0 fully saturated rings. The van der Waals surface area contributed by atoms with Gasteiger partial charge in [0.15, 0.2) is 0 Å². The van der Waals surface area contributed by atoms with Gasteiger partial charge in [-0.1, -0.05) is 38.1 Å². The summed E-state index contributed by atoms with van der Waals surface area (Å²) in [6.07, 6.45) is 1.88. The van der Waals surface area contributed by atoms with Crippen LogP contribution < -0.4 is 5.32 Å². The van der Waals surface area contributed by atoms with Gasteiger partial charge in [0.2, 0.25) is 0 Å². The second kappa shape index (κ2) is 7.69. The molecule has 3 heteroatoms. The summed E-state index contributed by atoms with van der Waals surface area (Å²) < 4.78 is 2.19. The molecule has 1 heterocycles. The van der Waals surface area contributed by atoms with E-state index in [1.54, 1.807) is 0 Å². The van der Waals surface area contributed by atoms with E-state index in [0.717, 1.165) is 30.6 Å². The van der Waals surface area contributed by atoms with Gasteiger partial charge in [0.25, 0.3) is 5.91 Å². The van der Waals surface area contributed by atoms with Crippen molar-refractivity contribution in [1.82, 2.24) is 9.88 Å². The van der Waals surface area contributed by atoms with Crippen LogP contribution in [0.25, 0.3) is 0 Å². The molecule has 0 aliphatic carbocycles. The molecule has 0 saturated carbocycles. The lowest BCUT2D eigenvalue weighted by atomic mass is 10.1. The van der Waals surface area contributed by atoms with Crippen molar-refractivity contribution in [1.29, 1.82) is 0 Å². The van der Waals surface area contributed by atoms with Gasteiger partial charge in [-0.3, -0.25) is 4.79 Å². The molecular weight excluding hydrogens is 296 g/mol. The predicted molar refractivity (Wildman–Crippen MR) is 101 cm³/mol. The lowest BCUT2D eigenvalue weighted by Gasteiger charge is -2.16.